The van der Waals surface area contributed by atoms with E-state index in [4.69, 9.17) is 4.74 Å². The van der Waals surface area contributed by atoms with E-state index < -0.39 is 0 Å². The highest BCUT2D eigenvalue weighted by atomic mass is 16.5. The van der Waals surface area contributed by atoms with Gasteiger partial charge in [0.2, 0.25) is 0 Å². The summed E-state index contributed by atoms with van der Waals surface area (Å²) in [7, 11) is 0. The van der Waals surface area contributed by atoms with Crippen LogP contribution < -0.4 is 4.74 Å². The topological polar surface area (TPSA) is 55.0 Å². The summed E-state index contributed by atoms with van der Waals surface area (Å²) in [5, 5.41) is 2.06. The van der Waals surface area contributed by atoms with E-state index in [1.165, 1.54) is 0 Å². The Morgan fingerprint density at radius 2 is 1.96 bits per heavy atom. The van der Waals surface area contributed by atoms with Gasteiger partial charge in [0, 0.05) is 16.3 Å². The van der Waals surface area contributed by atoms with E-state index in [9.17, 15) is 4.79 Å². The van der Waals surface area contributed by atoms with E-state index >= 15 is 0 Å². The van der Waals surface area contributed by atoms with Gasteiger partial charge >= 0.3 is 0 Å². The van der Waals surface area contributed by atoms with Crippen LogP contribution in [-0.4, -0.2) is 16.3 Å². The molecule has 0 saturated carbocycles. The number of nitrogens with zero attached hydrogens (tertiary/aromatic N) is 1. The first-order chi connectivity index (χ1) is 11.8. The molecule has 2 aromatic carbocycles. The van der Waals surface area contributed by atoms with Gasteiger partial charge in [-0.1, -0.05) is 30.3 Å². The van der Waals surface area contributed by atoms with Crippen LogP contribution in [0.2, 0.25) is 0 Å². The first-order valence-electron chi connectivity index (χ1n) is 7.79. The average Bonchev–Trinajstić information content (AvgIpc) is 3.00. The highest BCUT2D eigenvalue weighted by Crippen LogP contribution is 2.31. The third-order valence-electron chi connectivity index (χ3n) is 4.25. The van der Waals surface area contributed by atoms with Gasteiger partial charge in [-0.05, 0) is 36.2 Å². The molecule has 2 heterocycles. The molecular formula is C20H16N2O2. The number of hydrogen-bond acceptors (Lipinski definition) is 3. The van der Waals surface area contributed by atoms with Crippen LogP contribution in [0, 0.1) is 6.92 Å². The van der Waals surface area contributed by atoms with E-state index in [1.807, 2.05) is 55.5 Å². The van der Waals surface area contributed by atoms with Crippen LogP contribution >= 0.6 is 0 Å². The van der Waals surface area contributed by atoms with E-state index in [1.54, 1.807) is 6.20 Å². The molecule has 4 aromatic rings. The molecule has 0 aliphatic rings. The lowest BCUT2D eigenvalue weighted by Gasteiger charge is -2.07. The number of benzene rings is 2. The Balaban J connectivity index is 1.76. The van der Waals surface area contributed by atoms with Crippen LogP contribution in [0.3, 0.4) is 0 Å². The number of rotatable bonds is 4. The van der Waals surface area contributed by atoms with Crippen LogP contribution in [0.5, 0.6) is 5.75 Å². The smallest absolute Gasteiger partial charge is 0.168 e. The molecule has 4 rings (SSSR count). The first kappa shape index (κ1) is 14.5. The number of hydrogen-bond donors (Lipinski definition) is 1. The Kier molecular flexibility index (Phi) is 3.50. The molecule has 1 N–H and O–H groups in total. The number of nitrogens with one attached hydrogen (secondary N) is 1. The Morgan fingerprint density at radius 3 is 2.75 bits per heavy atom. The molecule has 0 unspecified atom stereocenters. The molecule has 0 spiro atoms. The highest BCUT2D eigenvalue weighted by Gasteiger charge is 2.11. The third-order valence-corrected chi connectivity index (χ3v) is 4.25. The van der Waals surface area contributed by atoms with E-state index in [0.29, 0.717) is 12.3 Å². The van der Waals surface area contributed by atoms with Crippen LogP contribution in [0.15, 0.2) is 54.7 Å². The summed E-state index contributed by atoms with van der Waals surface area (Å²) in [6.07, 6.45) is 2.50. The molecule has 0 aliphatic carbocycles. The molecule has 0 aliphatic heterocycles. The van der Waals surface area contributed by atoms with Gasteiger partial charge in [0.15, 0.2) is 6.29 Å². The number of pyridine rings is 1. The number of carbonyl (C=O) groups is 1. The van der Waals surface area contributed by atoms with Crippen LogP contribution in [-0.2, 0) is 6.61 Å². The molecular weight excluding hydrogens is 300 g/mol. The van der Waals surface area contributed by atoms with Crippen molar-refractivity contribution in [3.05, 3.63) is 71.5 Å². The van der Waals surface area contributed by atoms with Gasteiger partial charge in [0.25, 0.3) is 0 Å². The molecule has 24 heavy (non-hydrogen) atoms. The van der Waals surface area contributed by atoms with Gasteiger partial charge < -0.3 is 9.72 Å². The van der Waals surface area contributed by atoms with Crippen molar-refractivity contribution < 1.29 is 9.53 Å². The molecule has 0 atom stereocenters. The Bertz CT molecular complexity index is 1040. The molecule has 4 nitrogen and oxygen atoms in total. The standard InChI is InChI=1S/C20H16N2O2/c1-13-19(11-23)21-10-18-20(13)16-9-15(7-8-17(16)22-18)24-12-14-5-3-2-4-6-14/h2-11,22H,12H2,1H3. The Hall–Kier alpha value is -3.14. The van der Waals surface area contributed by atoms with Crippen molar-refractivity contribution in [1.29, 1.82) is 0 Å². The van der Waals surface area contributed by atoms with Crippen LogP contribution in [0.25, 0.3) is 21.8 Å². The minimum absolute atomic E-state index is 0.471. The number of ether oxygens (including phenoxy) is 1. The SMILES string of the molecule is Cc1c(C=O)ncc2[nH]c3ccc(OCc4ccccc4)cc3c12. The first-order valence-corrected chi connectivity index (χ1v) is 7.79. The quantitative estimate of drug-likeness (QED) is 0.567. The second-order valence-electron chi connectivity index (χ2n) is 5.78. The largest absolute Gasteiger partial charge is 0.489 e. The number of aryl methyl sites for hydroxylation is 1. The molecule has 0 fully saturated rings. The van der Waals surface area contributed by atoms with Gasteiger partial charge in [-0.3, -0.25) is 9.78 Å². The average molecular weight is 316 g/mol. The number of aromatic nitrogens is 2. The summed E-state index contributed by atoms with van der Waals surface area (Å²) in [4.78, 5) is 18.7. The normalized spacial score (nSPS) is 11.0. The minimum Gasteiger partial charge on any atom is -0.489 e. The van der Waals surface area contributed by atoms with E-state index in [2.05, 4.69) is 9.97 Å². The predicted octanol–water partition coefficient (Wildman–Crippen LogP) is 4.42. The highest BCUT2D eigenvalue weighted by molar-refractivity contribution is 6.10. The predicted molar refractivity (Wildman–Crippen MR) is 94.5 cm³/mol. The monoisotopic (exact) mass is 316 g/mol. The summed E-state index contributed by atoms with van der Waals surface area (Å²) >= 11 is 0. The van der Waals surface area contributed by atoms with Crippen molar-refractivity contribution >= 4 is 28.1 Å². The number of H-pyrrole nitrogens is 1. The fourth-order valence-electron chi connectivity index (χ4n) is 3.00. The second-order valence-corrected chi connectivity index (χ2v) is 5.78. The maximum atomic E-state index is 11.2. The maximum absolute atomic E-state index is 11.2. The molecule has 4 heteroatoms. The van der Waals surface area contributed by atoms with Gasteiger partial charge in [-0.2, -0.15) is 0 Å². The van der Waals surface area contributed by atoms with Gasteiger partial charge in [0.1, 0.15) is 18.1 Å². The van der Waals surface area contributed by atoms with Gasteiger partial charge in [-0.15, -0.1) is 0 Å². The van der Waals surface area contributed by atoms with Crippen LogP contribution in [0.1, 0.15) is 21.6 Å². The van der Waals surface area contributed by atoms with Gasteiger partial charge in [0.05, 0.1) is 11.7 Å². The number of carbonyl (C=O) groups excluding carboxylic acids is 1. The van der Waals surface area contributed by atoms with Crippen LogP contribution in [0.4, 0.5) is 0 Å². The van der Waals surface area contributed by atoms with Crippen molar-refractivity contribution in [3.8, 4) is 5.75 Å². The summed E-state index contributed by atoms with van der Waals surface area (Å²) in [5.41, 5.74) is 4.41. The lowest BCUT2D eigenvalue weighted by atomic mass is 10.1. The van der Waals surface area contributed by atoms with E-state index in [-0.39, 0.29) is 0 Å². The maximum Gasteiger partial charge on any atom is 0.168 e. The lowest BCUT2D eigenvalue weighted by Crippen LogP contribution is -1.94. The zero-order valence-corrected chi connectivity index (χ0v) is 13.2. The van der Waals surface area contributed by atoms with Crippen molar-refractivity contribution in [2.24, 2.45) is 0 Å². The second kappa shape index (κ2) is 5.81. The summed E-state index contributed by atoms with van der Waals surface area (Å²) in [6.45, 7) is 2.44. The molecule has 2 aromatic heterocycles. The summed E-state index contributed by atoms with van der Waals surface area (Å²) in [6, 6.07) is 16.0. The van der Waals surface area contributed by atoms with Crippen molar-refractivity contribution in [2.45, 2.75) is 13.5 Å². The van der Waals surface area contributed by atoms with Crippen molar-refractivity contribution in [3.63, 3.8) is 0 Å². The molecule has 0 amide bonds. The fraction of sp³-hybridized carbons (Fsp3) is 0.100. The lowest BCUT2D eigenvalue weighted by molar-refractivity contribution is 0.111. The van der Waals surface area contributed by atoms with Crippen molar-refractivity contribution in [2.75, 3.05) is 0 Å². The third kappa shape index (κ3) is 2.42. The van der Waals surface area contributed by atoms with Crippen molar-refractivity contribution in [1.82, 2.24) is 9.97 Å². The zero-order valence-electron chi connectivity index (χ0n) is 13.2. The Labute approximate surface area is 139 Å². The fourth-order valence-corrected chi connectivity index (χ4v) is 3.00. The minimum atomic E-state index is 0.471. The number of aromatic amines is 1. The number of fused-ring (bicyclic) bond motifs is 3. The summed E-state index contributed by atoms with van der Waals surface area (Å²) < 4.78 is 5.92. The molecule has 0 bridgehead atoms. The molecule has 0 radical (unpaired) electrons. The molecule has 0 saturated heterocycles. The summed E-state index contributed by atoms with van der Waals surface area (Å²) in [5.74, 6) is 0.802. The number of aldehydes is 1. The Morgan fingerprint density at radius 1 is 1.12 bits per heavy atom. The van der Waals surface area contributed by atoms with E-state index in [0.717, 1.165) is 45.0 Å². The zero-order chi connectivity index (χ0) is 16.5. The molecule has 118 valence electrons. The van der Waals surface area contributed by atoms with Gasteiger partial charge in [-0.25, -0.2) is 0 Å².